The van der Waals surface area contributed by atoms with Gasteiger partial charge < -0.3 is 9.88 Å². The summed E-state index contributed by atoms with van der Waals surface area (Å²) in [6.07, 6.45) is 3.14. The van der Waals surface area contributed by atoms with Gasteiger partial charge in [-0.05, 0) is 24.6 Å². The van der Waals surface area contributed by atoms with Crippen molar-refractivity contribution in [3.05, 3.63) is 46.5 Å². The molecule has 88 valence electrons. The normalized spacial score (nSPS) is 10.3. The zero-order valence-corrected chi connectivity index (χ0v) is 11.2. The van der Waals surface area contributed by atoms with Gasteiger partial charge in [0.05, 0.1) is 12.5 Å². The molecule has 0 fully saturated rings. The number of hydrogen-bond donors (Lipinski definition) is 1. The van der Waals surface area contributed by atoms with Crippen LogP contribution in [-0.4, -0.2) is 15.5 Å². The van der Waals surface area contributed by atoms with E-state index in [1.54, 1.807) is 24.1 Å². The van der Waals surface area contributed by atoms with Crippen molar-refractivity contribution >= 4 is 27.5 Å². The first-order valence-electron chi connectivity index (χ1n) is 5.12. The molecule has 4 nitrogen and oxygen atoms in total. The van der Waals surface area contributed by atoms with Gasteiger partial charge in [-0.3, -0.25) is 4.79 Å². The Morgan fingerprint density at radius 3 is 2.88 bits per heavy atom. The van der Waals surface area contributed by atoms with Gasteiger partial charge in [-0.15, -0.1) is 0 Å². The molecule has 0 aliphatic heterocycles. The number of amides is 1. The molecule has 0 atom stereocenters. The molecule has 0 saturated heterocycles. The number of carbonyl (C=O) groups is 1. The van der Waals surface area contributed by atoms with Gasteiger partial charge in [0.15, 0.2) is 0 Å². The van der Waals surface area contributed by atoms with Crippen LogP contribution in [0.15, 0.2) is 35.2 Å². The Morgan fingerprint density at radius 1 is 1.47 bits per heavy atom. The topological polar surface area (TPSA) is 46.9 Å². The molecule has 0 bridgehead atoms. The number of nitrogens with zero attached hydrogens (tertiary/aromatic N) is 2. The van der Waals surface area contributed by atoms with Crippen LogP contribution in [0.25, 0.3) is 0 Å². The largest absolute Gasteiger partial charge is 0.330 e. The average Bonchev–Trinajstić information content (AvgIpc) is 2.71. The Hall–Kier alpha value is -1.62. The van der Waals surface area contributed by atoms with Crippen LogP contribution in [0.4, 0.5) is 5.69 Å². The maximum absolute atomic E-state index is 12.0. The summed E-state index contributed by atoms with van der Waals surface area (Å²) in [7, 11) is 1.79. The van der Waals surface area contributed by atoms with Crippen LogP contribution in [0.1, 0.15) is 16.1 Å². The SMILES string of the molecule is Cc1c(Br)cccc1NC(=O)c1cncn1C. The molecule has 0 unspecified atom stereocenters. The fraction of sp³-hybridized carbons (Fsp3) is 0.167. The van der Waals surface area contributed by atoms with Crippen molar-refractivity contribution in [2.24, 2.45) is 7.05 Å². The van der Waals surface area contributed by atoms with Gasteiger partial charge in [0.1, 0.15) is 5.69 Å². The fourth-order valence-corrected chi connectivity index (χ4v) is 1.87. The summed E-state index contributed by atoms with van der Waals surface area (Å²) in [6.45, 7) is 1.95. The number of aryl methyl sites for hydroxylation is 1. The van der Waals surface area contributed by atoms with Crippen LogP contribution in [0, 0.1) is 6.92 Å². The third kappa shape index (κ3) is 2.39. The number of benzene rings is 1. The Labute approximate surface area is 108 Å². The van der Waals surface area contributed by atoms with Crippen LogP contribution >= 0.6 is 15.9 Å². The van der Waals surface area contributed by atoms with E-state index in [0.29, 0.717) is 5.69 Å². The van der Waals surface area contributed by atoms with Crippen molar-refractivity contribution < 1.29 is 4.79 Å². The van der Waals surface area contributed by atoms with Crippen molar-refractivity contribution in [3.8, 4) is 0 Å². The minimum absolute atomic E-state index is 0.161. The van der Waals surface area contributed by atoms with Gasteiger partial charge in [-0.2, -0.15) is 0 Å². The second-order valence-corrected chi connectivity index (χ2v) is 4.61. The quantitative estimate of drug-likeness (QED) is 0.925. The standard InChI is InChI=1S/C12H12BrN3O/c1-8-9(13)4-3-5-10(8)15-12(17)11-6-14-7-16(11)2/h3-7H,1-2H3,(H,15,17). The Bertz CT molecular complexity index is 563. The number of imidazole rings is 1. The van der Waals surface area contributed by atoms with Crippen molar-refractivity contribution in [2.45, 2.75) is 6.92 Å². The van der Waals surface area contributed by atoms with E-state index >= 15 is 0 Å². The number of aromatic nitrogens is 2. The van der Waals surface area contributed by atoms with E-state index in [0.717, 1.165) is 15.7 Å². The monoisotopic (exact) mass is 293 g/mol. The average molecular weight is 294 g/mol. The number of halogens is 1. The van der Waals surface area contributed by atoms with Gasteiger partial charge in [0, 0.05) is 17.2 Å². The summed E-state index contributed by atoms with van der Waals surface area (Å²) in [5.41, 5.74) is 2.33. The van der Waals surface area contributed by atoms with E-state index < -0.39 is 0 Å². The molecule has 0 spiro atoms. The van der Waals surface area contributed by atoms with Crippen LogP contribution < -0.4 is 5.32 Å². The Kier molecular flexibility index (Phi) is 3.28. The van der Waals surface area contributed by atoms with E-state index in [9.17, 15) is 4.79 Å². The van der Waals surface area contributed by atoms with E-state index in [1.807, 2.05) is 25.1 Å². The van der Waals surface area contributed by atoms with E-state index in [4.69, 9.17) is 0 Å². The molecule has 1 aromatic heterocycles. The van der Waals surface area contributed by atoms with Crippen molar-refractivity contribution in [2.75, 3.05) is 5.32 Å². The second-order valence-electron chi connectivity index (χ2n) is 3.76. The van der Waals surface area contributed by atoms with Gasteiger partial charge >= 0.3 is 0 Å². The molecule has 2 rings (SSSR count). The van der Waals surface area contributed by atoms with E-state index in [1.165, 1.54) is 0 Å². The molecule has 0 aliphatic carbocycles. The van der Waals surface area contributed by atoms with Crippen molar-refractivity contribution in [3.63, 3.8) is 0 Å². The van der Waals surface area contributed by atoms with Crippen LogP contribution in [-0.2, 0) is 7.05 Å². The summed E-state index contributed by atoms with van der Waals surface area (Å²) < 4.78 is 2.66. The highest BCUT2D eigenvalue weighted by Crippen LogP contribution is 2.23. The third-order valence-electron chi connectivity index (χ3n) is 2.57. The number of hydrogen-bond acceptors (Lipinski definition) is 2. The third-order valence-corrected chi connectivity index (χ3v) is 3.42. The first-order chi connectivity index (χ1) is 8.09. The number of rotatable bonds is 2. The zero-order chi connectivity index (χ0) is 12.4. The predicted molar refractivity (Wildman–Crippen MR) is 70.0 cm³/mol. The maximum Gasteiger partial charge on any atom is 0.273 e. The molecule has 1 N–H and O–H groups in total. The summed E-state index contributed by atoms with van der Waals surface area (Å²) in [4.78, 5) is 15.9. The molecule has 0 saturated carbocycles. The number of anilines is 1. The Morgan fingerprint density at radius 2 is 2.24 bits per heavy atom. The smallest absolute Gasteiger partial charge is 0.273 e. The highest BCUT2D eigenvalue weighted by molar-refractivity contribution is 9.10. The molecule has 1 aromatic carbocycles. The maximum atomic E-state index is 12.0. The lowest BCUT2D eigenvalue weighted by atomic mass is 10.2. The van der Waals surface area contributed by atoms with Gasteiger partial charge in [0.2, 0.25) is 0 Å². The molecule has 2 aromatic rings. The van der Waals surface area contributed by atoms with Gasteiger partial charge in [-0.25, -0.2) is 4.98 Å². The lowest BCUT2D eigenvalue weighted by Gasteiger charge is -2.09. The molecular formula is C12H12BrN3O. The molecular weight excluding hydrogens is 282 g/mol. The van der Waals surface area contributed by atoms with E-state index in [-0.39, 0.29) is 5.91 Å². The van der Waals surface area contributed by atoms with Crippen molar-refractivity contribution in [1.29, 1.82) is 0 Å². The molecule has 17 heavy (non-hydrogen) atoms. The summed E-state index contributed by atoms with van der Waals surface area (Å²) in [5.74, 6) is -0.161. The first-order valence-corrected chi connectivity index (χ1v) is 5.91. The lowest BCUT2D eigenvalue weighted by Crippen LogP contribution is -2.16. The Balaban J connectivity index is 2.25. The molecule has 0 aliphatic rings. The van der Waals surface area contributed by atoms with Gasteiger partial charge in [-0.1, -0.05) is 22.0 Å². The molecule has 0 radical (unpaired) electrons. The number of nitrogens with one attached hydrogen (secondary N) is 1. The van der Waals surface area contributed by atoms with Crippen LogP contribution in [0.3, 0.4) is 0 Å². The molecule has 1 amide bonds. The van der Waals surface area contributed by atoms with Crippen LogP contribution in [0.2, 0.25) is 0 Å². The second kappa shape index (κ2) is 4.71. The molecule has 5 heteroatoms. The highest BCUT2D eigenvalue weighted by Gasteiger charge is 2.11. The van der Waals surface area contributed by atoms with Crippen LogP contribution in [0.5, 0.6) is 0 Å². The summed E-state index contributed by atoms with van der Waals surface area (Å²) in [6, 6.07) is 5.69. The fourth-order valence-electron chi connectivity index (χ4n) is 1.51. The first kappa shape index (κ1) is 11.9. The minimum Gasteiger partial charge on any atom is -0.330 e. The predicted octanol–water partition coefficient (Wildman–Crippen LogP) is 2.74. The lowest BCUT2D eigenvalue weighted by molar-refractivity contribution is 0.101. The number of carbonyl (C=O) groups excluding carboxylic acids is 1. The van der Waals surface area contributed by atoms with Gasteiger partial charge in [0.25, 0.3) is 5.91 Å². The summed E-state index contributed by atoms with van der Waals surface area (Å²) in [5, 5.41) is 2.86. The highest BCUT2D eigenvalue weighted by atomic mass is 79.9. The minimum atomic E-state index is -0.161. The van der Waals surface area contributed by atoms with Crippen molar-refractivity contribution in [1.82, 2.24) is 9.55 Å². The molecule has 1 heterocycles. The van der Waals surface area contributed by atoms with E-state index in [2.05, 4.69) is 26.2 Å². The zero-order valence-electron chi connectivity index (χ0n) is 9.57. The summed E-state index contributed by atoms with van der Waals surface area (Å²) >= 11 is 3.43.